The Morgan fingerprint density at radius 3 is 2.75 bits per heavy atom. The van der Waals surface area contributed by atoms with Crippen molar-refractivity contribution in [2.75, 3.05) is 18.2 Å². The highest BCUT2D eigenvalue weighted by Gasteiger charge is 2.31. The van der Waals surface area contributed by atoms with E-state index >= 15 is 0 Å². The van der Waals surface area contributed by atoms with Crippen LogP contribution >= 0.6 is 11.8 Å². The molecule has 2 heterocycles. The molecule has 1 atom stereocenters. The van der Waals surface area contributed by atoms with Crippen molar-refractivity contribution in [2.45, 2.75) is 24.1 Å². The first-order chi connectivity index (χ1) is 15.6. The van der Waals surface area contributed by atoms with Crippen molar-refractivity contribution in [3.8, 4) is 11.5 Å². The van der Waals surface area contributed by atoms with Gasteiger partial charge in [-0.1, -0.05) is 54.2 Å². The van der Waals surface area contributed by atoms with Crippen LogP contribution in [0.25, 0.3) is 0 Å². The van der Waals surface area contributed by atoms with Crippen molar-refractivity contribution in [3.63, 3.8) is 0 Å². The van der Waals surface area contributed by atoms with Crippen LogP contribution in [0.15, 0.2) is 71.1 Å². The van der Waals surface area contributed by atoms with Gasteiger partial charge in [0.2, 0.25) is 5.91 Å². The molecule has 4 rings (SSSR count). The molecule has 0 saturated heterocycles. The van der Waals surface area contributed by atoms with Gasteiger partial charge in [0.1, 0.15) is 12.4 Å². The van der Waals surface area contributed by atoms with Gasteiger partial charge in [-0.3, -0.25) is 9.59 Å². The van der Waals surface area contributed by atoms with Gasteiger partial charge < -0.3 is 19.8 Å². The van der Waals surface area contributed by atoms with Crippen LogP contribution in [0, 0.1) is 0 Å². The molecule has 1 amide bonds. The first-order valence-corrected chi connectivity index (χ1v) is 11.1. The number of amides is 1. The molecule has 164 valence electrons. The minimum absolute atomic E-state index is 0.143. The van der Waals surface area contributed by atoms with Crippen molar-refractivity contribution in [2.24, 2.45) is 0 Å². The van der Waals surface area contributed by atoms with Crippen LogP contribution in [-0.4, -0.2) is 28.7 Å². The van der Waals surface area contributed by atoms with Gasteiger partial charge in [0.25, 0.3) is 5.56 Å². The lowest BCUT2D eigenvalue weighted by Gasteiger charge is -2.25. The lowest BCUT2D eigenvalue weighted by atomic mass is 9.86. The van der Waals surface area contributed by atoms with Crippen LogP contribution in [-0.2, 0) is 11.4 Å². The lowest BCUT2D eigenvalue weighted by Crippen LogP contribution is -2.31. The van der Waals surface area contributed by atoms with Gasteiger partial charge in [0.15, 0.2) is 16.7 Å². The molecule has 8 heteroatoms. The van der Waals surface area contributed by atoms with Crippen molar-refractivity contribution in [1.82, 2.24) is 9.97 Å². The number of aromatic amines is 1. The van der Waals surface area contributed by atoms with E-state index in [0.29, 0.717) is 40.4 Å². The number of carbonyl (C=O) groups excluding carboxylic acids is 1. The molecular formula is C24H23N3O4S. The summed E-state index contributed by atoms with van der Waals surface area (Å²) < 4.78 is 11.5. The summed E-state index contributed by atoms with van der Waals surface area (Å²) in [6.07, 6.45) is 1.86. The molecule has 0 saturated carbocycles. The van der Waals surface area contributed by atoms with Crippen LogP contribution in [0.5, 0.6) is 11.5 Å². The molecule has 0 fully saturated rings. The number of hydrogen-bond acceptors (Lipinski definition) is 6. The first-order valence-electron chi connectivity index (χ1n) is 10.1. The lowest BCUT2D eigenvalue weighted by molar-refractivity contribution is -0.116. The van der Waals surface area contributed by atoms with Crippen molar-refractivity contribution in [3.05, 3.63) is 88.2 Å². The highest BCUT2D eigenvalue weighted by atomic mass is 32.2. The minimum Gasteiger partial charge on any atom is -0.493 e. The van der Waals surface area contributed by atoms with E-state index in [1.165, 1.54) is 11.8 Å². The molecule has 3 aromatic rings. The number of aromatic nitrogens is 2. The second kappa shape index (κ2) is 9.74. The number of nitrogens with zero attached hydrogens (tertiary/aromatic N) is 1. The summed E-state index contributed by atoms with van der Waals surface area (Å²) >= 11 is 1.34. The van der Waals surface area contributed by atoms with Gasteiger partial charge in [0, 0.05) is 18.1 Å². The van der Waals surface area contributed by atoms with Crippen LogP contribution in [0.4, 0.5) is 5.82 Å². The van der Waals surface area contributed by atoms with E-state index in [1.54, 1.807) is 19.3 Å². The summed E-state index contributed by atoms with van der Waals surface area (Å²) in [4.78, 5) is 32.5. The largest absolute Gasteiger partial charge is 0.493 e. The van der Waals surface area contributed by atoms with E-state index in [1.807, 2.05) is 42.5 Å². The summed E-state index contributed by atoms with van der Waals surface area (Å²) in [5, 5.41) is 3.17. The van der Waals surface area contributed by atoms with Crippen LogP contribution in [0.3, 0.4) is 0 Å². The predicted molar refractivity (Wildman–Crippen MR) is 125 cm³/mol. The molecule has 0 radical (unpaired) electrons. The molecular weight excluding hydrogens is 426 g/mol. The molecule has 1 aliphatic heterocycles. The smallest absolute Gasteiger partial charge is 0.257 e. The number of hydrogen-bond donors (Lipinski definition) is 2. The maximum Gasteiger partial charge on any atom is 0.257 e. The Hall–Kier alpha value is -3.52. The zero-order valence-electron chi connectivity index (χ0n) is 17.6. The van der Waals surface area contributed by atoms with Gasteiger partial charge in [-0.2, -0.15) is 0 Å². The SMILES string of the molecule is C=CCSc1nc2c(c(=O)[nH]1)[C@@H](c1ccc(OCc3ccccc3)c(OC)c1)CC(=O)N2. The third-order valence-corrected chi connectivity index (χ3v) is 5.96. The van der Waals surface area contributed by atoms with Gasteiger partial charge >= 0.3 is 0 Å². The summed E-state index contributed by atoms with van der Waals surface area (Å²) in [5.74, 6) is 1.39. The molecule has 0 bridgehead atoms. The fourth-order valence-corrected chi connectivity index (χ4v) is 4.19. The molecule has 32 heavy (non-hydrogen) atoms. The fraction of sp³-hybridized carbons (Fsp3) is 0.208. The number of rotatable bonds is 8. The Morgan fingerprint density at radius 2 is 2.00 bits per heavy atom. The first kappa shape index (κ1) is 21.7. The van der Waals surface area contributed by atoms with Gasteiger partial charge in [-0.15, -0.1) is 6.58 Å². The number of thioether (sulfide) groups is 1. The summed E-state index contributed by atoms with van der Waals surface area (Å²) in [7, 11) is 1.56. The Kier molecular flexibility index (Phi) is 6.61. The number of methoxy groups -OCH3 is 1. The van der Waals surface area contributed by atoms with E-state index < -0.39 is 5.92 Å². The maximum absolute atomic E-state index is 12.9. The molecule has 7 nitrogen and oxygen atoms in total. The summed E-state index contributed by atoms with van der Waals surface area (Å²) in [6, 6.07) is 15.3. The third-order valence-electron chi connectivity index (χ3n) is 5.09. The molecule has 1 aromatic heterocycles. The number of fused-ring (bicyclic) bond motifs is 1. The van der Waals surface area contributed by atoms with Crippen LogP contribution in [0.1, 0.15) is 29.0 Å². The van der Waals surface area contributed by atoms with Gasteiger partial charge in [-0.05, 0) is 23.3 Å². The van der Waals surface area contributed by atoms with E-state index in [4.69, 9.17) is 9.47 Å². The topological polar surface area (TPSA) is 93.3 Å². The number of H-pyrrole nitrogens is 1. The molecule has 0 spiro atoms. The van der Waals surface area contributed by atoms with E-state index in [0.717, 1.165) is 11.1 Å². The molecule has 2 N–H and O–H groups in total. The average molecular weight is 450 g/mol. The zero-order chi connectivity index (χ0) is 22.5. The zero-order valence-corrected chi connectivity index (χ0v) is 18.4. The Morgan fingerprint density at radius 1 is 1.19 bits per heavy atom. The Labute approximate surface area is 189 Å². The second-order valence-corrected chi connectivity index (χ2v) is 8.23. The average Bonchev–Trinajstić information content (AvgIpc) is 2.81. The fourth-order valence-electron chi connectivity index (χ4n) is 3.60. The monoisotopic (exact) mass is 449 g/mol. The standard InChI is InChI=1S/C24H23N3O4S/c1-3-11-32-24-26-22-21(23(29)27-24)17(13-20(28)25-22)16-9-10-18(19(12-16)30-2)31-14-15-7-5-4-6-8-15/h3-10,12,17H,1,11,13-14H2,2H3,(H2,25,26,27,28,29)/t17-/m1/s1. The van der Waals surface area contributed by atoms with Gasteiger partial charge in [0.05, 0.1) is 12.7 Å². The molecule has 0 unspecified atom stereocenters. The van der Waals surface area contributed by atoms with Crippen molar-refractivity contribution in [1.29, 1.82) is 0 Å². The number of ether oxygens (including phenoxy) is 2. The quantitative estimate of drug-likeness (QED) is 0.305. The van der Waals surface area contributed by atoms with E-state index in [-0.39, 0.29) is 17.9 Å². The number of carbonyl (C=O) groups is 1. The normalized spacial score (nSPS) is 14.9. The van der Waals surface area contributed by atoms with Gasteiger partial charge in [-0.25, -0.2) is 4.98 Å². The summed E-state index contributed by atoms with van der Waals surface area (Å²) in [5.41, 5.74) is 1.99. The highest BCUT2D eigenvalue weighted by molar-refractivity contribution is 7.99. The third kappa shape index (κ3) is 4.70. The molecule has 1 aliphatic rings. The predicted octanol–water partition coefficient (Wildman–Crippen LogP) is 4.11. The number of anilines is 1. The Balaban J connectivity index is 1.64. The minimum atomic E-state index is -0.439. The van der Waals surface area contributed by atoms with E-state index in [9.17, 15) is 9.59 Å². The number of benzene rings is 2. The van der Waals surface area contributed by atoms with Crippen molar-refractivity contribution < 1.29 is 14.3 Å². The molecule has 2 aromatic carbocycles. The second-order valence-electron chi connectivity index (χ2n) is 7.22. The highest BCUT2D eigenvalue weighted by Crippen LogP contribution is 2.38. The maximum atomic E-state index is 12.9. The van der Waals surface area contributed by atoms with E-state index in [2.05, 4.69) is 21.9 Å². The Bertz CT molecular complexity index is 1190. The number of nitrogens with one attached hydrogen (secondary N) is 2. The van der Waals surface area contributed by atoms with Crippen LogP contribution in [0.2, 0.25) is 0 Å². The molecule has 0 aliphatic carbocycles. The van der Waals surface area contributed by atoms with Crippen LogP contribution < -0.4 is 20.3 Å². The van der Waals surface area contributed by atoms with Crippen molar-refractivity contribution >= 4 is 23.5 Å². The summed E-state index contributed by atoms with van der Waals surface area (Å²) in [6.45, 7) is 4.07.